The first kappa shape index (κ1) is 25.0. The number of hydrogen-bond acceptors (Lipinski definition) is 10. The van der Waals surface area contributed by atoms with Crippen molar-refractivity contribution in [3.8, 4) is 5.75 Å². The van der Waals surface area contributed by atoms with Crippen LogP contribution in [0.3, 0.4) is 0 Å². The number of methoxy groups -OCH3 is 1. The molecule has 0 saturated carbocycles. The topological polar surface area (TPSA) is 185 Å². The van der Waals surface area contributed by atoms with Crippen LogP contribution < -0.4 is 11.5 Å². The van der Waals surface area contributed by atoms with Crippen LogP contribution in [0, 0.1) is 0 Å². The molecule has 0 aromatic heterocycles. The number of nitrogen functional groups attached to an aromatic ring is 2. The van der Waals surface area contributed by atoms with Gasteiger partial charge in [-0.3, -0.25) is 4.55 Å². The van der Waals surface area contributed by atoms with Gasteiger partial charge in [-0.1, -0.05) is 18.2 Å². The van der Waals surface area contributed by atoms with Gasteiger partial charge >= 0.3 is 0 Å². The highest BCUT2D eigenvalue weighted by Gasteiger charge is 2.32. The summed E-state index contributed by atoms with van der Waals surface area (Å²) in [6, 6.07) is 12.0. The second-order valence-corrected chi connectivity index (χ2v) is 9.52. The van der Waals surface area contributed by atoms with Crippen molar-refractivity contribution < 1.29 is 22.8 Å². The van der Waals surface area contributed by atoms with Crippen LogP contribution in [0.15, 0.2) is 97.7 Å². The molecular weight excluding hydrogens is 484 g/mol. The Morgan fingerprint density at radius 1 is 1.03 bits per heavy atom. The number of benzene rings is 3. The van der Waals surface area contributed by atoms with Crippen molar-refractivity contribution in [3.05, 3.63) is 72.3 Å². The minimum atomic E-state index is -4.71. The van der Waals surface area contributed by atoms with Gasteiger partial charge in [0.25, 0.3) is 10.1 Å². The lowest BCUT2D eigenvalue weighted by Gasteiger charge is -2.28. The highest BCUT2D eigenvalue weighted by atomic mass is 32.2. The van der Waals surface area contributed by atoms with Gasteiger partial charge in [0.1, 0.15) is 16.6 Å². The smallest absolute Gasteiger partial charge is 0.296 e. The number of nitrogens with two attached hydrogens (primary N) is 2. The van der Waals surface area contributed by atoms with E-state index in [0.717, 1.165) is 0 Å². The maximum absolute atomic E-state index is 12.0. The van der Waals surface area contributed by atoms with E-state index >= 15 is 0 Å². The summed E-state index contributed by atoms with van der Waals surface area (Å²) in [4.78, 5) is -0.579. The molecule has 6 N–H and O–H groups in total. The van der Waals surface area contributed by atoms with E-state index in [2.05, 4.69) is 20.5 Å². The average Bonchev–Trinajstić information content (AvgIpc) is 2.84. The van der Waals surface area contributed by atoms with Crippen LogP contribution in [0.1, 0.15) is 6.92 Å². The van der Waals surface area contributed by atoms with Gasteiger partial charge in [-0.15, -0.1) is 10.2 Å². The van der Waals surface area contributed by atoms with Crippen LogP contribution in [0.25, 0.3) is 10.8 Å². The largest absolute Gasteiger partial charge is 0.505 e. The van der Waals surface area contributed by atoms with Gasteiger partial charge in [-0.25, -0.2) is 0 Å². The molecule has 0 amide bonds. The van der Waals surface area contributed by atoms with Crippen molar-refractivity contribution in [2.45, 2.75) is 23.6 Å². The third-order valence-corrected chi connectivity index (χ3v) is 6.54. The lowest BCUT2D eigenvalue weighted by atomic mass is 9.96. The number of hydrogen-bond donors (Lipinski definition) is 4. The molecule has 1 aliphatic carbocycles. The van der Waals surface area contributed by atoms with E-state index in [1.807, 2.05) is 0 Å². The van der Waals surface area contributed by atoms with Crippen LogP contribution >= 0.6 is 0 Å². The average molecular weight is 509 g/mol. The maximum Gasteiger partial charge on any atom is 0.296 e. The SMILES string of the molecule is CO[C@@]1(N=Nc2ccc(N)cc2)C=C[C@H](N=Nc2c(S(=O)(=O)O)cc3ccc(N)cc3c2O)C=C1C. The standard InChI is InChI=1S/C24H24N6O5S/c1-14-11-19(9-10-24(14,35-2)30-28-18-7-5-16(25)6-8-18)27-29-22-21(36(32,33)34)12-15-3-4-17(26)13-20(15)23(22)31/h3-13,19,31H,25-26H2,1-2H3,(H,32,33,34)/t19-,24-/m0/s1. The number of anilines is 2. The Balaban J connectivity index is 1.67. The number of rotatable bonds is 6. The zero-order chi connectivity index (χ0) is 26.1. The lowest BCUT2D eigenvalue weighted by molar-refractivity contribution is 0.0640. The van der Waals surface area contributed by atoms with E-state index in [1.165, 1.54) is 25.3 Å². The molecule has 0 aliphatic heterocycles. The minimum absolute atomic E-state index is 0.267. The molecule has 4 rings (SSSR count). The normalized spacial score (nSPS) is 20.4. The maximum atomic E-state index is 12.0. The molecule has 0 radical (unpaired) electrons. The van der Waals surface area contributed by atoms with Crippen molar-refractivity contribution in [2.24, 2.45) is 20.5 Å². The fourth-order valence-corrected chi connectivity index (χ4v) is 4.35. The molecule has 0 bridgehead atoms. The van der Waals surface area contributed by atoms with Gasteiger partial charge in [-0.2, -0.15) is 18.6 Å². The second kappa shape index (κ2) is 9.49. The summed E-state index contributed by atoms with van der Waals surface area (Å²) in [6.07, 6.45) is 5.00. The van der Waals surface area contributed by atoms with Crippen LogP contribution in [0.4, 0.5) is 22.7 Å². The van der Waals surface area contributed by atoms with Crippen LogP contribution in [0.5, 0.6) is 5.75 Å². The third-order valence-electron chi connectivity index (χ3n) is 5.67. The van der Waals surface area contributed by atoms with Crippen molar-refractivity contribution in [3.63, 3.8) is 0 Å². The van der Waals surface area contributed by atoms with E-state index in [9.17, 15) is 18.1 Å². The summed E-state index contributed by atoms with van der Waals surface area (Å²) in [5.74, 6) is -0.472. The van der Waals surface area contributed by atoms with Gasteiger partial charge in [-0.05, 0) is 66.4 Å². The summed E-state index contributed by atoms with van der Waals surface area (Å²) in [5.41, 5.74) is 12.1. The molecule has 2 atom stereocenters. The van der Waals surface area contributed by atoms with Crippen molar-refractivity contribution in [2.75, 3.05) is 18.6 Å². The Kier molecular flexibility index (Phi) is 6.59. The molecule has 3 aromatic carbocycles. The number of aromatic hydroxyl groups is 1. The number of phenols is 1. The fraction of sp³-hybridized carbons (Fsp3) is 0.167. The first-order valence-electron chi connectivity index (χ1n) is 10.7. The predicted octanol–water partition coefficient (Wildman–Crippen LogP) is 5.05. The van der Waals surface area contributed by atoms with Gasteiger partial charge in [0.2, 0.25) is 5.72 Å². The molecule has 0 heterocycles. The molecule has 0 fully saturated rings. The molecule has 11 nitrogen and oxygen atoms in total. The van der Waals surface area contributed by atoms with Crippen molar-refractivity contribution >= 4 is 43.6 Å². The van der Waals surface area contributed by atoms with E-state index in [-0.39, 0.29) is 5.39 Å². The van der Waals surface area contributed by atoms with Crippen molar-refractivity contribution in [1.29, 1.82) is 0 Å². The molecule has 3 aromatic rings. The molecule has 12 heteroatoms. The Hall–Kier alpha value is -4.13. The Bertz CT molecular complexity index is 1550. The quantitative estimate of drug-likeness (QED) is 0.155. The Labute approximate surface area is 207 Å². The fourth-order valence-electron chi connectivity index (χ4n) is 3.69. The third kappa shape index (κ3) is 4.96. The lowest BCUT2D eigenvalue weighted by Crippen LogP contribution is -2.31. The van der Waals surface area contributed by atoms with E-state index in [0.29, 0.717) is 28.0 Å². The number of ether oxygens (including phenoxy) is 1. The van der Waals surface area contributed by atoms with Gasteiger partial charge in [0.05, 0.1) is 5.69 Å². The highest BCUT2D eigenvalue weighted by Crippen LogP contribution is 2.42. The van der Waals surface area contributed by atoms with Gasteiger partial charge in [0.15, 0.2) is 5.75 Å². The molecule has 0 saturated heterocycles. The van der Waals surface area contributed by atoms with Gasteiger partial charge in [0, 0.05) is 23.9 Å². The number of fused-ring (bicyclic) bond motifs is 1. The summed E-state index contributed by atoms with van der Waals surface area (Å²) in [7, 11) is -3.23. The summed E-state index contributed by atoms with van der Waals surface area (Å²) < 4.78 is 39.3. The van der Waals surface area contributed by atoms with Crippen LogP contribution in [-0.2, 0) is 14.9 Å². The Morgan fingerprint density at radius 2 is 1.72 bits per heavy atom. The number of azo groups is 2. The van der Waals surface area contributed by atoms with E-state index < -0.39 is 38.2 Å². The highest BCUT2D eigenvalue weighted by molar-refractivity contribution is 7.86. The first-order valence-corrected chi connectivity index (χ1v) is 12.1. The summed E-state index contributed by atoms with van der Waals surface area (Å²) in [5, 5.41) is 28.1. The number of phenolic OH excluding ortho intramolecular Hbond substituents is 1. The zero-order valence-corrected chi connectivity index (χ0v) is 20.2. The second-order valence-electron chi connectivity index (χ2n) is 8.13. The predicted molar refractivity (Wildman–Crippen MR) is 136 cm³/mol. The Morgan fingerprint density at radius 3 is 2.36 bits per heavy atom. The zero-order valence-electron chi connectivity index (χ0n) is 19.4. The molecular formula is C24H24N6O5S. The van der Waals surface area contributed by atoms with E-state index in [4.69, 9.17) is 16.2 Å². The minimum Gasteiger partial charge on any atom is -0.505 e. The number of nitrogens with zero attached hydrogens (tertiary/aromatic N) is 4. The van der Waals surface area contributed by atoms with Gasteiger partial charge < -0.3 is 21.3 Å². The molecule has 0 spiro atoms. The van der Waals surface area contributed by atoms with Crippen LogP contribution in [-0.4, -0.2) is 37.0 Å². The first-order chi connectivity index (χ1) is 17.0. The van der Waals surface area contributed by atoms with Crippen LogP contribution in [0.2, 0.25) is 0 Å². The molecule has 1 aliphatic rings. The summed E-state index contributed by atoms with van der Waals surface area (Å²) in [6.45, 7) is 1.78. The molecule has 36 heavy (non-hydrogen) atoms. The van der Waals surface area contributed by atoms with Crippen molar-refractivity contribution in [1.82, 2.24) is 0 Å². The molecule has 186 valence electrons. The molecule has 0 unspecified atom stereocenters. The summed E-state index contributed by atoms with van der Waals surface area (Å²) >= 11 is 0. The monoisotopic (exact) mass is 508 g/mol. The van der Waals surface area contributed by atoms with E-state index in [1.54, 1.807) is 55.5 Å².